The Bertz CT molecular complexity index is 1140. The first kappa shape index (κ1) is 25.0. The number of carbonyl (C=O) groups excluding carboxylic acids is 1. The number of aromatic nitrogens is 1. The van der Waals surface area contributed by atoms with Crippen LogP contribution in [-0.2, 0) is 12.8 Å². The van der Waals surface area contributed by atoms with Crippen LogP contribution in [0.4, 0.5) is 24.5 Å². The number of rotatable bonds is 8. The Kier molecular flexibility index (Phi) is 8.08. The predicted octanol–water partition coefficient (Wildman–Crippen LogP) is 3.62. The molecule has 0 fully saturated rings. The minimum atomic E-state index is -4.52. The largest absolute Gasteiger partial charge is 0.416 e. The molecule has 6 N–H and O–H groups in total. The molecule has 1 amide bonds. The smallest absolute Gasteiger partial charge is 0.397 e. The van der Waals surface area contributed by atoms with Gasteiger partial charge in [-0.15, -0.1) is 0 Å². The maximum atomic E-state index is 13.3. The summed E-state index contributed by atoms with van der Waals surface area (Å²) in [5.41, 5.74) is 6.79. The van der Waals surface area contributed by atoms with Crippen LogP contribution in [-0.4, -0.2) is 27.8 Å². The third kappa shape index (κ3) is 6.45. The number of thiocarbonyl (C=S) groups is 1. The van der Waals surface area contributed by atoms with Crippen LogP contribution >= 0.6 is 12.2 Å². The second-order valence-corrected chi connectivity index (χ2v) is 7.65. The monoisotopic (exact) mass is 493 g/mol. The second kappa shape index (κ2) is 11.0. The molecule has 0 radical (unpaired) electrons. The topological polar surface area (TPSA) is 125 Å². The van der Waals surface area contributed by atoms with Crippen molar-refractivity contribution in [3.8, 4) is 0 Å². The van der Waals surface area contributed by atoms with Gasteiger partial charge in [0.2, 0.25) is 0 Å². The Morgan fingerprint density at radius 2 is 1.97 bits per heavy atom. The van der Waals surface area contributed by atoms with Crippen LogP contribution in [0, 0.1) is 0 Å². The minimum Gasteiger partial charge on any atom is -0.397 e. The summed E-state index contributed by atoms with van der Waals surface area (Å²) in [4.78, 5) is 12.1. The van der Waals surface area contributed by atoms with E-state index in [4.69, 9.17) is 18.0 Å². The molecule has 1 aromatic heterocycles. The van der Waals surface area contributed by atoms with Gasteiger partial charge in [0.25, 0.3) is 5.91 Å². The van der Waals surface area contributed by atoms with Crippen LogP contribution in [0.3, 0.4) is 0 Å². The van der Waals surface area contributed by atoms with Crippen molar-refractivity contribution in [2.24, 2.45) is 0 Å². The molecule has 34 heavy (non-hydrogen) atoms. The van der Waals surface area contributed by atoms with Crippen molar-refractivity contribution in [2.75, 3.05) is 17.6 Å². The molecule has 3 rings (SSSR count). The van der Waals surface area contributed by atoms with Gasteiger partial charge in [-0.3, -0.25) is 4.79 Å². The standard InChI is InChI=1S/C22H22F3N5O3S/c23-22(24,25)15-5-1-3-13(11-15)17(7-9-27-20(32)18-8-10-33-30-18)28-21(34)29-19-14(12-31)4-2-6-16(19)26/h1-6,8,10-11,17,31H,7,9,12,26H2,(H,27,32)(H2,28,29,34). The Balaban J connectivity index is 1.77. The summed E-state index contributed by atoms with van der Waals surface area (Å²) in [7, 11) is 0. The van der Waals surface area contributed by atoms with E-state index in [1.807, 2.05) is 0 Å². The summed E-state index contributed by atoms with van der Waals surface area (Å²) in [6, 6.07) is 10.5. The molecule has 0 spiro atoms. The van der Waals surface area contributed by atoms with Gasteiger partial charge in [0.1, 0.15) is 6.26 Å². The first-order valence-electron chi connectivity index (χ1n) is 10.1. The Morgan fingerprint density at radius 3 is 2.65 bits per heavy atom. The van der Waals surface area contributed by atoms with E-state index in [0.717, 1.165) is 12.1 Å². The molecule has 180 valence electrons. The maximum Gasteiger partial charge on any atom is 0.416 e. The molecular formula is C22H22F3N5O3S. The summed E-state index contributed by atoms with van der Waals surface area (Å²) < 4.78 is 44.4. The average molecular weight is 494 g/mol. The molecule has 3 aromatic rings. The normalized spacial score (nSPS) is 12.1. The zero-order valence-corrected chi connectivity index (χ0v) is 18.5. The van der Waals surface area contributed by atoms with E-state index in [1.165, 1.54) is 24.5 Å². The number of benzene rings is 2. The van der Waals surface area contributed by atoms with Gasteiger partial charge in [-0.25, -0.2) is 0 Å². The van der Waals surface area contributed by atoms with Gasteiger partial charge in [-0.1, -0.05) is 29.4 Å². The van der Waals surface area contributed by atoms with Gasteiger partial charge < -0.3 is 31.3 Å². The molecule has 0 saturated carbocycles. The Labute approximate surface area is 198 Å². The molecule has 1 heterocycles. The van der Waals surface area contributed by atoms with E-state index in [-0.39, 0.29) is 30.4 Å². The Hall–Kier alpha value is -3.64. The van der Waals surface area contributed by atoms with E-state index in [1.54, 1.807) is 18.2 Å². The van der Waals surface area contributed by atoms with Gasteiger partial charge in [-0.05, 0) is 42.4 Å². The van der Waals surface area contributed by atoms with Crippen molar-refractivity contribution in [3.63, 3.8) is 0 Å². The summed E-state index contributed by atoms with van der Waals surface area (Å²) in [5, 5.41) is 21.7. The quantitative estimate of drug-likeness (QED) is 0.238. The number of nitrogens with one attached hydrogen (secondary N) is 3. The van der Waals surface area contributed by atoms with Crippen LogP contribution in [0.5, 0.6) is 0 Å². The summed E-state index contributed by atoms with van der Waals surface area (Å²) in [6.07, 6.45) is -3.07. The van der Waals surface area contributed by atoms with Crippen LogP contribution in [0.1, 0.15) is 39.6 Å². The van der Waals surface area contributed by atoms with Crippen molar-refractivity contribution >= 4 is 34.6 Å². The third-order valence-electron chi connectivity index (χ3n) is 4.90. The van der Waals surface area contributed by atoms with E-state index >= 15 is 0 Å². The number of hydrogen-bond donors (Lipinski definition) is 5. The van der Waals surface area contributed by atoms with Crippen molar-refractivity contribution in [1.29, 1.82) is 0 Å². The number of aliphatic hydroxyl groups is 1. The lowest BCUT2D eigenvalue weighted by Crippen LogP contribution is -2.35. The van der Waals surface area contributed by atoms with Gasteiger partial charge in [0.15, 0.2) is 10.8 Å². The lowest BCUT2D eigenvalue weighted by atomic mass is 10.0. The molecule has 0 bridgehead atoms. The van der Waals surface area contributed by atoms with Crippen LogP contribution in [0.2, 0.25) is 0 Å². The van der Waals surface area contributed by atoms with Crippen molar-refractivity contribution in [3.05, 3.63) is 77.2 Å². The number of nitrogens with two attached hydrogens (primary N) is 1. The molecule has 0 saturated heterocycles. The molecule has 0 aliphatic rings. The first-order valence-corrected chi connectivity index (χ1v) is 10.5. The van der Waals surface area contributed by atoms with Gasteiger partial charge in [0, 0.05) is 18.2 Å². The number of para-hydroxylation sites is 1. The number of hydrogen-bond acceptors (Lipinski definition) is 6. The van der Waals surface area contributed by atoms with E-state index < -0.39 is 23.7 Å². The summed E-state index contributed by atoms with van der Waals surface area (Å²) >= 11 is 5.36. The SMILES string of the molecule is Nc1cccc(CO)c1NC(=S)NC(CCNC(=O)c1ccon1)c1cccc(C(F)(F)F)c1. The molecule has 0 aliphatic carbocycles. The molecule has 1 unspecified atom stereocenters. The third-order valence-corrected chi connectivity index (χ3v) is 5.12. The molecule has 2 aromatic carbocycles. The maximum absolute atomic E-state index is 13.3. The van der Waals surface area contributed by atoms with Crippen molar-refractivity contribution < 1.29 is 27.6 Å². The van der Waals surface area contributed by atoms with Crippen LogP contribution < -0.4 is 21.7 Å². The number of anilines is 2. The molecule has 12 heteroatoms. The fourth-order valence-electron chi connectivity index (χ4n) is 3.22. The minimum absolute atomic E-state index is 0.0804. The fraction of sp³-hybridized carbons (Fsp3) is 0.227. The lowest BCUT2D eigenvalue weighted by Gasteiger charge is -2.23. The highest BCUT2D eigenvalue weighted by Crippen LogP contribution is 2.31. The predicted molar refractivity (Wildman–Crippen MR) is 124 cm³/mol. The van der Waals surface area contributed by atoms with Crippen LogP contribution in [0.25, 0.3) is 0 Å². The van der Waals surface area contributed by atoms with Crippen LogP contribution in [0.15, 0.2) is 59.3 Å². The van der Waals surface area contributed by atoms with Gasteiger partial charge >= 0.3 is 6.18 Å². The zero-order chi connectivity index (χ0) is 24.7. The average Bonchev–Trinajstić information content (AvgIpc) is 3.34. The van der Waals surface area contributed by atoms with Gasteiger partial charge in [-0.2, -0.15) is 13.2 Å². The molecule has 1 atom stereocenters. The summed E-state index contributed by atoms with van der Waals surface area (Å²) in [5.74, 6) is -0.484. The lowest BCUT2D eigenvalue weighted by molar-refractivity contribution is -0.137. The van der Waals surface area contributed by atoms with Crippen molar-refractivity contribution in [1.82, 2.24) is 15.8 Å². The fourth-order valence-corrected chi connectivity index (χ4v) is 3.46. The number of nitrogen functional groups attached to an aromatic ring is 1. The highest BCUT2D eigenvalue weighted by atomic mass is 32.1. The molecule has 8 nitrogen and oxygen atoms in total. The van der Waals surface area contributed by atoms with Gasteiger partial charge in [0.05, 0.1) is 29.6 Å². The van der Waals surface area contributed by atoms with Crippen molar-refractivity contribution in [2.45, 2.75) is 25.2 Å². The number of nitrogens with zero attached hydrogens (tertiary/aromatic N) is 1. The number of amides is 1. The second-order valence-electron chi connectivity index (χ2n) is 7.24. The number of halogens is 3. The molecule has 0 aliphatic heterocycles. The number of alkyl halides is 3. The zero-order valence-electron chi connectivity index (χ0n) is 17.7. The number of aliphatic hydroxyl groups excluding tert-OH is 1. The highest BCUT2D eigenvalue weighted by Gasteiger charge is 2.31. The van der Waals surface area contributed by atoms with E-state index in [9.17, 15) is 23.1 Å². The Morgan fingerprint density at radius 1 is 1.21 bits per heavy atom. The molecular weight excluding hydrogens is 471 g/mol. The van der Waals surface area contributed by atoms with E-state index in [0.29, 0.717) is 22.5 Å². The first-order chi connectivity index (χ1) is 16.2. The highest BCUT2D eigenvalue weighted by molar-refractivity contribution is 7.80. The van der Waals surface area contributed by atoms with E-state index in [2.05, 4.69) is 25.6 Å². The summed E-state index contributed by atoms with van der Waals surface area (Å²) in [6.45, 7) is -0.182. The number of carbonyl (C=O) groups is 1.